The first-order valence-corrected chi connectivity index (χ1v) is 12.5. The quantitative estimate of drug-likeness (QED) is 0.537. The molecule has 5 rings (SSSR count). The lowest BCUT2D eigenvalue weighted by Crippen LogP contribution is -2.37. The van der Waals surface area contributed by atoms with Crippen molar-refractivity contribution >= 4 is 44.8 Å². The molecular formula is C22H25BrN6O2S. The lowest BCUT2D eigenvalue weighted by Gasteiger charge is -2.31. The molecule has 0 unspecified atom stereocenters. The van der Waals surface area contributed by atoms with Crippen molar-refractivity contribution in [1.29, 1.82) is 5.41 Å². The van der Waals surface area contributed by atoms with Crippen molar-refractivity contribution in [3.05, 3.63) is 34.0 Å². The van der Waals surface area contributed by atoms with Crippen LogP contribution in [0.1, 0.15) is 31.7 Å². The molecule has 10 heteroatoms. The predicted molar refractivity (Wildman–Crippen MR) is 125 cm³/mol. The molecule has 2 aliphatic heterocycles. The van der Waals surface area contributed by atoms with E-state index in [0.717, 1.165) is 71.2 Å². The molecule has 2 aromatic heterocycles. The number of rotatable bonds is 5. The normalized spacial score (nSPS) is 16.4. The standard InChI is InChI=1S/C22H25BrN6O2S/c1-13(30)28-6-2-14(3-7-28)4-8-29-12-25-20(24)18-21(29)27-22(26-18)32-16-10-15-5-9-31-19(15)17(23)11-16/h10-12,14,24H,2-9H2,1H3,(H,26,27). The Morgan fingerprint density at radius 3 is 2.97 bits per heavy atom. The highest BCUT2D eigenvalue weighted by Crippen LogP contribution is 2.39. The third kappa shape index (κ3) is 4.30. The van der Waals surface area contributed by atoms with E-state index in [1.54, 1.807) is 25.0 Å². The van der Waals surface area contributed by atoms with Crippen LogP contribution in [0.3, 0.4) is 0 Å². The molecule has 168 valence electrons. The summed E-state index contributed by atoms with van der Waals surface area (Å²) in [7, 11) is 0. The van der Waals surface area contributed by atoms with Crippen LogP contribution in [-0.2, 0) is 17.8 Å². The molecule has 1 aromatic carbocycles. The Morgan fingerprint density at radius 2 is 2.19 bits per heavy atom. The van der Waals surface area contributed by atoms with E-state index in [0.29, 0.717) is 18.0 Å². The van der Waals surface area contributed by atoms with Gasteiger partial charge in [-0.3, -0.25) is 10.2 Å². The molecular weight excluding hydrogens is 492 g/mol. The van der Waals surface area contributed by atoms with Crippen molar-refractivity contribution in [1.82, 2.24) is 24.4 Å². The number of ether oxygens (including phenoxy) is 1. The minimum atomic E-state index is 0.166. The number of nitrogens with zero attached hydrogens (tertiary/aromatic N) is 4. The molecule has 3 aromatic rings. The zero-order valence-corrected chi connectivity index (χ0v) is 20.3. The van der Waals surface area contributed by atoms with Gasteiger partial charge in [0.1, 0.15) is 11.3 Å². The second-order valence-electron chi connectivity index (χ2n) is 8.36. The van der Waals surface area contributed by atoms with Crippen molar-refractivity contribution < 1.29 is 9.53 Å². The second kappa shape index (κ2) is 8.90. The summed E-state index contributed by atoms with van der Waals surface area (Å²) in [6.45, 7) is 4.84. The number of imidazole rings is 1. The van der Waals surface area contributed by atoms with Crippen molar-refractivity contribution in [3.63, 3.8) is 0 Å². The molecule has 0 aliphatic carbocycles. The van der Waals surface area contributed by atoms with Crippen molar-refractivity contribution in [2.75, 3.05) is 19.7 Å². The number of carbonyl (C=O) groups excluding carboxylic acids is 1. The number of halogens is 1. The number of amides is 1. The number of aromatic amines is 1. The van der Waals surface area contributed by atoms with E-state index in [-0.39, 0.29) is 11.4 Å². The highest BCUT2D eigenvalue weighted by molar-refractivity contribution is 9.10. The Morgan fingerprint density at radius 1 is 1.38 bits per heavy atom. The lowest BCUT2D eigenvalue weighted by atomic mass is 9.93. The lowest BCUT2D eigenvalue weighted by molar-refractivity contribution is -0.130. The number of nitrogens with one attached hydrogen (secondary N) is 2. The van der Waals surface area contributed by atoms with Crippen molar-refractivity contribution in [3.8, 4) is 5.75 Å². The van der Waals surface area contributed by atoms with Gasteiger partial charge in [0, 0.05) is 37.9 Å². The number of likely N-dealkylation sites (tertiary alicyclic amines) is 1. The monoisotopic (exact) mass is 516 g/mol. The molecule has 0 bridgehead atoms. The maximum atomic E-state index is 11.5. The zero-order valence-electron chi connectivity index (χ0n) is 17.9. The number of aryl methyl sites for hydroxylation is 1. The fraction of sp³-hybridized carbons (Fsp3) is 0.455. The van der Waals surface area contributed by atoms with Crippen LogP contribution in [0.2, 0.25) is 0 Å². The van der Waals surface area contributed by atoms with Gasteiger partial charge in [0.05, 0.1) is 17.4 Å². The fourth-order valence-corrected chi connectivity index (χ4v) is 6.09. The maximum absolute atomic E-state index is 11.5. The number of fused-ring (bicyclic) bond motifs is 2. The summed E-state index contributed by atoms with van der Waals surface area (Å²) in [6.07, 6.45) is 5.71. The number of hydrogen-bond donors (Lipinski definition) is 2. The maximum Gasteiger partial charge on any atom is 0.219 e. The van der Waals surface area contributed by atoms with Crippen LogP contribution in [0, 0.1) is 11.3 Å². The highest BCUT2D eigenvalue weighted by atomic mass is 79.9. The zero-order chi connectivity index (χ0) is 22.2. The summed E-state index contributed by atoms with van der Waals surface area (Å²) >= 11 is 5.15. The molecule has 1 saturated heterocycles. The molecule has 0 saturated carbocycles. The number of carbonyl (C=O) groups is 1. The van der Waals surface area contributed by atoms with E-state index in [4.69, 9.17) is 15.1 Å². The highest BCUT2D eigenvalue weighted by Gasteiger charge is 2.21. The number of aromatic nitrogens is 4. The number of benzene rings is 1. The van der Waals surface area contributed by atoms with Crippen molar-refractivity contribution in [2.45, 2.75) is 49.2 Å². The Kier molecular flexibility index (Phi) is 5.98. The number of hydrogen-bond acceptors (Lipinski definition) is 6. The van der Waals surface area contributed by atoms with E-state index in [9.17, 15) is 4.79 Å². The first kappa shape index (κ1) is 21.5. The molecule has 2 N–H and O–H groups in total. The van der Waals surface area contributed by atoms with E-state index in [1.807, 2.05) is 15.5 Å². The fourth-order valence-electron chi connectivity index (χ4n) is 4.44. The molecule has 4 heterocycles. The summed E-state index contributed by atoms with van der Waals surface area (Å²) in [5.74, 6) is 1.69. The molecule has 1 amide bonds. The minimum Gasteiger partial charge on any atom is -0.492 e. The summed E-state index contributed by atoms with van der Waals surface area (Å²) in [5, 5.41) is 8.96. The van der Waals surface area contributed by atoms with Gasteiger partial charge in [-0.15, -0.1) is 0 Å². The van der Waals surface area contributed by atoms with Gasteiger partial charge in [-0.05, 0) is 58.8 Å². The number of H-pyrrole nitrogens is 1. The van der Waals surface area contributed by atoms with Gasteiger partial charge in [0.25, 0.3) is 0 Å². The van der Waals surface area contributed by atoms with Crippen LogP contribution in [0.5, 0.6) is 5.75 Å². The van der Waals surface area contributed by atoms with Crippen LogP contribution in [0.25, 0.3) is 11.2 Å². The van der Waals surface area contributed by atoms with Gasteiger partial charge in [0.15, 0.2) is 16.3 Å². The van der Waals surface area contributed by atoms with Gasteiger partial charge in [0.2, 0.25) is 5.91 Å². The molecule has 8 nitrogen and oxygen atoms in total. The first-order valence-electron chi connectivity index (χ1n) is 10.9. The van der Waals surface area contributed by atoms with Crippen LogP contribution < -0.4 is 10.2 Å². The average molecular weight is 517 g/mol. The molecule has 1 fully saturated rings. The average Bonchev–Trinajstić information content (AvgIpc) is 3.41. The van der Waals surface area contributed by atoms with Crippen LogP contribution in [0.15, 0.2) is 33.0 Å². The van der Waals surface area contributed by atoms with Crippen molar-refractivity contribution in [2.24, 2.45) is 5.92 Å². The van der Waals surface area contributed by atoms with Gasteiger partial charge in [-0.2, -0.15) is 0 Å². The van der Waals surface area contributed by atoms with E-state index in [2.05, 4.69) is 32.0 Å². The van der Waals surface area contributed by atoms with Gasteiger partial charge < -0.3 is 19.2 Å². The first-order chi connectivity index (χ1) is 15.5. The summed E-state index contributed by atoms with van der Waals surface area (Å²) in [6, 6.07) is 4.19. The third-order valence-corrected chi connectivity index (χ3v) is 7.71. The summed E-state index contributed by atoms with van der Waals surface area (Å²) in [5.41, 5.74) is 2.82. The molecule has 32 heavy (non-hydrogen) atoms. The third-order valence-electron chi connectivity index (χ3n) is 6.26. The van der Waals surface area contributed by atoms with E-state index >= 15 is 0 Å². The van der Waals surface area contributed by atoms with Crippen LogP contribution in [-0.4, -0.2) is 50.0 Å². The Labute approximate surface area is 198 Å². The Balaban J connectivity index is 1.32. The van der Waals surface area contributed by atoms with Gasteiger partial charge >= 0.3 is 0 Å². The molecule has 0 radical (unpaired) electrons. The van der Waals surface area contributed by atoms with E-state index in [1.165, 1.54) is 5.56 Å². The summed E-state index contributed by atoms with van der Waals surface area (Å²) in [4.78, 5) is 26.9. The molecule has 2 aliphatic rings. The Hall–Kier alpha value is -2.33. The second-order valence-corrected chi connectivity index (χ2v) is 10.3. The van der Waals surface area contributed by atoms with E-state index < -0.39 is 0 Å². The van der Waals surface area contributed by atoms with Crippen LogP contribution >= 0.6 is 27.7 Å². The topological polar surface area (TPSA) is 99.9 Å². The molecule has 0 atom stereocenters. The molecule has 0 spiro atoms. The number of piperidine rings is 1. The largest absolute Gasteiger partial charge is 0.492 e. The van der Waals surface area contributed by atoms with Gasteiger partial charge in [-0.25, -0.2) is 9.97 Å². The SMILES string of the molecule is CC(=O)N1CCC(CCn2cnc(=N)c3[nH]c(Sc4cc(Br)c5c(c4)CCO5)nc32)CC1. The smallest absolute Gasteiger partial charge is 0.219 e. The minimum absolute atomic E-state index is 0.166. The van der Waals surface area contributed by atoms with Gasteiger partial charge in [-0.1, -0.05) is 11.8 Å². The van der Waals surface area contributed by atoms with Crippen LogP contribution in [0.4, 0.5) is 0 Å². The summed E-state index contributed by atoms with van der Waals surface area (Å²) < 4.78 is 8.67. The Bertz CT molecular complexity index is 1230. The predicted octanol–water partition coefficient (Wildman–Crippen LogP) is 3.74.